The van der Waals surface area contributed by atoms with Gasteiger partial charge in [0.25, 0.3) is 0 Å². The Kier molecular flexibility index (Phi) is 16.5. The standard InChI is InChI=1S/C32H60N6O14/c1-3-5-18(41)29(46)38-17-8-16(35)26(50-30-15(34)7-6-14(47-30)11-37-10-13(40)12-39)28(22(17)42)52-32-25(45)27(19(4-2)48-32)51-31-21(36)24(44)23(43)20(9-33)49-31/h6-7,13-28,30-32,37,39-45H,3-5,8-12,33-36H2,1-2H3,(H,38,46). The van der Waals surface area contributed by atoms with E-state index in [2.05, 4.69) is 10.6 Å². The van der Waals surface area contributed by atoms with Crippen LogP contribution < -0.4 is 33.6 Å². The number of hydrogen-bond donors (Lipinski definition) is 13. The summed E-state index contributed by atoms with van der Waals surface area (Å²) in [6.07, 6.45) is -13.4. The number of amides is 1. The molecule has 4 rings (SSSR count). The normalized spacial score (nSPS) is 43.7. The van der Waals surface area contributed by atoms with E-state index >= 15 is 0 Å². The third kappa shape index (κ3) is 10.4. The fourth-order valence-electron chi connectivity index (χ4n) is 6.79. The van der Waals surface area contributed by atoms with E-state index in [4.69, 9.17) is 56.5 Å². The molecule has 302 valence electrons. The third-order valence-electron chi connectivity index (χ3n) is 9.87. The molecule has 20 nitrogen and oxygen atoms in total. The molecule has 3 aliphatic heterocycles. The average molecular weight is 753 g/mol. The zero-order valence-electron chi connectivity index (χ0n) is 29.6. The van der Waals surface area contributed by atoms with Crippen molar-refractivity contribution in [2.24, 2.45) is 22.9 Å². The number of aliphatic hydroxyl groups is 7. The van der Waals surface area contributed by atoms with Crippen LogP contribution in [0.2, 0.25) is 0 Å². The van der Waals surface area contributed by atoms with Crippen molar-refractivity contribution in [1.29, 1.82) is 0 Å². The van der Waals surface area contributed by atoms with Crippen LogP contribution >= 0.6 is 0 Å². The second-order valence-electron chi connectivity index (χ2n) is 13.9. The molecular weight excluding hydrogens is 692 g/mol. The van der Waals surface area contributed by atoms with Crippen LogP contribution in [0.25, 0.3) is 0 Å². The van der Waals surface area contributed by atoms with Crippen molar-refractivity contribution in [2.45, 2.75) is 156 Å². The molecule has 3 heterocycles. The molecular formula is C32H60N6O14. The van der Waals surface area contributed by atoms with Gasteiger partial charge < -0.3 is 97.7 Å². The zero-order chi connectivity index (χ0) is 38.3. The molecule has 1 saturated carbocycles. The molecule has 1 amide bonds. The van der Waals surface area contributed by atoms with Crippen LogP contribution in [0.15, 0.2) is 12.2 Å². The highest BCUT2D eigenvalue weighted by Gasteiger charge is 2.54. The summed E-state index contributed by atoms with van der Waals surface area (Å²) < 4.78 is 36.4. The fourth-order valence-corrected chi connectivity index (χ4v) is 6.79. The lowest BCUT2D eigenvalue weighted by molar-refractivity contribution is -0.284. The summed E-state index contributed by atoms with van der Waals surface area (Å²) >= 11 is 0. The molecule has 1 aliphatic carbocycles. The molecule has 4 aliphatic rings. The fraction of sp³-hybridized carbons (Fsp3) is 0.906. The predicted octanol–water partition coefficient (Wildman–Crippen LogP) is -6.34. The second-order valence-corrected chi connectivity index (χ2v) is 13.9. The molecule has 0 radical (unpaired) electrons. The maximum atomic E-state index is 12.8. The molecule has 17 N–H and O–H groups in total. The number of nitrogens with two attached hydrogens (primary N) is 4. The SMILES string of the molecule is CCCC(O)C(=O)NC1CC(N)C(OC2OC(CNCC(O)CO)C=CC2N)C(OC2OC(CC)C(OC3OC(CN)C(O)C(O)C3N)C2O)C1O. The van der Waals surface area contributed by atoms with Gasteiger partial charge in [-0.1, -0.05) is 32.4 Å². The summed E-state index contributed by atoms with van der Waals surface area (Å²) in [7, 11) is 0. The Bertz CT molecular complexity index is 1130. The smallest absolute Gasteiger partial charge is 0.249 e. The molecule has 19 atom stereocenters. The van der Waals surface area contributed by atoms with Crippen molar-refractivity contribution in [3.63, 3.8) is 0 Å². The van der Waals surface area contributed by atoms with Crippen LogP contribution in [0.3, 0.4) is 0 Å². The highest BCUT2D eigenvalue weighted by molar-refractivity contribution is 5.80. The van der Waals surface area contributed by atoms with Crippen LogP contribution in [-0.2, 0) is 33.2 Å². The van der Waals surface area contributed by atoms with E-state index in [0.29, 0.717) is 12.8 Å². The molecule has 0 aromatic heterocycles. The monoisotopic (exact) mass is 752 g/mol. The Hall–Kier alpha value is -1.51. The highest BCUT2D eigenvalue weighted by Crippen LogP contribution is 2.35. The second kappa shape index (κ2) is 19.9. The summed E-state index contributed by atoms with van der Waals surface area (Å²) in [6, 6.07) is -3.87. The number of carbonyl (C=O) groups is 1. The largest absolute Gasteiger partial charge is 0.394 e. The minimum absolute atomic E-state index is 0.00288. The molecule has 0 aromatic rings. The Morgan fingerprint density at radius 3 is 2.19 bits per heavy atom. The Morgan fingerprint density at radius 2 is 1.54 bits per heavy atom. The predicted molar refractivity (Wildman–Crippen MR) is 180 cm³/mol. The van der Waals surface area contributed by atoms with Gasteiger partial charge in [0.2, 0.25) is 5.91 Å². The van der Waals surface area contributed by atoms with Gasteiger partial charge in [-0.15, -0.1) is 0 Å². The van der Waals surface area contributed by atoms with Gasteiger partial charge in [-0.2, -0.15) is 0 Å². The van der Waals surface area contributed by atoms with E-state index in [1.165, 1.54) is 0 Å². The number of hydrogen-bond acceptors (Lipinski definition) is 19. The average Bonchev–Trinajstić information content (AvgIpc) is 3.42. The van der Waals surface area contributed by atoms with Gasteiger partial charge in [0.15, 0.2) is 18.9 Å². The van der Waals surface area contributed by atoms with Gasteiger partial charge in [-0.25, -0.2) is 0 Å². The van der Waals surface area contributed by atoms with Gasteiger partial charge in [0, 0.05) is 25.7 Å². The van der Waals surface area contributed by atoms with Crippen LogP contribution in [0.5, 0.6) is 0 Å². The quantitative estimate of drug-likeness (QED) is 0.0614. The van der Waals surface area contributed by atoms with Gasteiger partial charge in [-0.05, 0) is 19.3 Å². The molecule has 2 saturated heterocycles. The van der Waals surface area contributed by atoms with Crippen LogP contribution in [0.4, 0.5) is 0 Å². The van der Waals surface area contributed by atoms with Gasteiger partial charge >= 0.3 is 0 Å². The number of carbonyl (C=O) groups excluding carboxylic acids is 1. The molecule has 19 unspecified atom stereocenters. The van der Waals surface area contributed by atoms with E-state index in [-0.39, 0.29) is 32.5 Å². The first-order chi connectivity index (χ1) is 24.7. The van der Waals surface area contributed by atoms with E-state index in [1.807, 2.05) is 6.92 Å². The summed E-state index contributed by atoms with van der Waals surface area (Å²) in [5.74, 6) is -0.704. The summed E-state index contributed by atoms with van der Waals surface area (Å²) in [5.41, 5.74) is 24.7. The molecule has 0 spiro atoms. The zero-order valence-corrected chi connectivity index (χ0v) is 29.6. The number of nitrogens with one attached hydrogen (secondary N) is 2. The summed E-state index contributed by atoms with van der Waals surface area (Å²) in [4.78, 5) is 12.8. The summed E-state index contributed by atoms with van der Waals surface area (Å²) in [6.45, 7) is 3.38. The first-order valence-corrected chi connectivity index (χ1v) is 18.0. The van der Waals surface area contributed by atoms with Gasteiger partial charge in [0.05, 0.1) is 43.0 Å². The van der Waals surface area contributed by atoms with Crippen molar-refractivity contribution < 1.29 is 69.0 Å². The van der Waals surface area contributed by atoms with E-state index < -0.39 is 129 Å². The minimum atomic E-state index is -1.51. The minimum Gasteiger partial charge on any atom is -0.394 e. The third-order valence-corrected chi connectivity index (χ3v) is 9.87. The van der Waals surface area contributed by atoms with E-state index in [9.17, 15) is 35.4 Å². The van der Waals surface area contributed by atoms with Crippen molar-refractivity contribution in [3.05, 3.63) is 12.2 Å². The van der Waals surface area contributed by atoms with Crippen molar-refractivity contribution in [1.82, 2.24) is 10.6 Å². The lowest BCUT2D eigenvalue weighted by Gasteiger charge is -2.46. The topological polar surface area (TPSA) is 342 Å². The lowest BCUT2D eigenvalue weighted by atomic mass is 9.83. The molecule has 0 bridgehead atoms. The first kappa shape index (κ1) is 43.2. The maximum Gasteiger partial charge on any atom is 0.249 e. The van der Waals surface area contributed by atoms with Crippen LogP contribution in [-0.4, -0.2) is 184 Å². The van der Waals surface area contributed by atoms with Gasteiger partial charge in [-0.3, -0.25) is 4.79 Å². The van der Waals surface area contributed by atoms with Crippen LogP contribution in [0, 0.1) is 0 Å². The van der Waals surface area contributed by atoms with Crippen molar-refractivity contribution in [2.75, 3.05) is 26.2 Å². The van der Waals surface area contributed by atoms with Gasteiger partial charge in [0.1, 0.15) is 54.9 Å². The van der Waals surface area contributed by atoms with Crippen molar-refractivity contribution in [3.8, 4) is 0 Å². The molecule has 3 fully saturated rings. The molecule has 20 heteroatoms. The number of ether oxygens (including phenoxy) is 6. The number of aliphatic hydroxyl groups excluding tert-OH is 7. The number of rotatable bonds is 17. The highest BCUT2D eigenvalue weighted by atomic mass is 16.8. The Labute approximate surface area is 302 Å². The molecule has 52 heavy (non-hydrogen) atoms. The maximum absolute atomic E-state index is 12.8. The summed E-state index contributed by atoms with van der Waals surface area (Å²) in [5, 5.41) is 78.6. The van der Waals surface area contributed by atoms with Crippen molar-refractivity contribution >= 4 is 5.91 Å². The lowest BCUT2D eigenvalue weighted by Crippen LogP contribution is -2.67. The van der Waals surface area contributed by atoms with Crippen LogP contribution in [0.1, 0.15) is 39.5 Å². The van der Waals surface area contributed by atoms with E-state index in [1.54, 1.807) is 19.1 Å². The Morgan fingerprint density at radius 1 is 0.865 bits per heavy atom. The first-order valence-electron chi connectivity index (χ1n) is 18.0. The van der Waals surface area contributed by atoms with E-state index in [0.717, 1.165) is 0 Å². The Balaban J connectivity index is 1.53. The molecule has 0 aromatic carbocycles.